The highest BCUT2D eigenvalue weighted by Gasteiger charge is 2.37. The van der Waals surface area contributed by atoms with Crippen LogP contribution in [0.1, 0.15) is 60.8 Å². The van der Waals surface area contributed by atoms with Crippen molar-refractivity contribution in [3.05, 3.63) is 0 Å². The second kappa shape index (κ2) is 7.77. The molecule has 1 aliphatic heterocycles. The van der Waals surface area contributed by atoms with E-state index in [-0.39, 0.29) is 11.2 Å². The molecule has 0 aromatic rings. The van der Waals surface area contributed by atoms with Crippen LogP contribution in [0.15, 0.2) is 0 Å². The highest BCUT2D eigenvalue weighted by Crippen LogP contribution is 2.28. The van der Waals surface area contributed by atoms with Gasteiger partial charge in [-0.3, -0.25) is 4.90 Å². The summed E-state index contributed by atoms with van der Waals surface area (Å²) in [4.78, 5) is 2.57. The molecule has 1 N–H and O–H groups in total. The van der Waals surface area contributed by atoms with Gasteiger partial charge in [0.2, 0.25) is 0 Å². The maximum atomic E-state index is 6.12. The van der Waals surface area contributed by atoms with Gasteiger partial charge in [0.15, 0.2) is 0 Å². The van der Waals surface area contributed by atoms with Gasteiger partial charge in [-0.1, -0.05) is 20.3 Å². The summed E-state index contributed by atoms with van der Waals surface area (Å²) in [5.41, 5.74) is -0.0266. The Morgan fingerprint density at radius 2 is 1.60 bits per heavy atom. The molecule has 1 aliphatic rings. The fourth-order valence-electron chi connectivity index (χ4n) is 3.26. The molecule has 0 aromatic heterocycles. The fraction of sp³-hybridized carbons (Fsp3) is 1.00. The van der Waals surface area contributed by atoms with Crippen LogP contribution in [0.3, 0.4) is 0 Å². The van der Waals surface area contributed by atoms with Gasteiger partial charge >= 0.3 is 0 Å². The number of ether oxygens (including phenoxy) is 1. The Hall–Kier alpha value is -0.120. The highest BCUT2D eigenvalue weighted by atomic mass is 16.5. The third kappa shape index (κ3) is 7.61. The summed E-state index contributed by atoms with van der Waals surface area (Å²) >= 11 is 0. The van der Waals surface area contributed by atoms with Crippen molar-refractivity contribution in [2.75, 3.05) is 32.7 Å². The fourth-order valence-corrected chi connectivity index (χ4v) is 3.26. The van der Waals surface area contributed by atoms with Gasteiger partial charge in [0.1, 0.15) is 0 Å². The highest BCUT2D eigenvalue weighted by molar-refractivity contribution is 4.88. The first-order chi connectivity index (χ1) is 9.20. The molecule has 1 heterocycles. The van der Waals surface area contributed by atoms with Crippen molar-refractivity contribution in [2.24, 2.45) is 5.92 Å². The van der Waals surface area contributed by atoms with E-state index in [4.69, 9.17) is 4.74 Å². The Bertz CT molecular complexity index is 258. The largest absolute Gasteiger partial charge is 0.367 e. The molecule has 3 heteroatoms. The maximum Gasteiger partial charge on any atom is 0.0760 e. The van der Waals surface area contributed by atoms with E-state index in [1.165, 1.54) is 25.8 Å². The van der Waals surface area contributed by atoms with E-state index in [1.54, 1.807) is 0 Å². The van der Waals surface area contributed by atoms with Crippen molar-refractivity contribution in [1.82, 2.24) is 10.2 Å². The number of rotatable bonds is 8. The monoisotopic (exact) mass is 284 g/mol. The topological polar surface area (TPSA) is 24.5 Å². The smallest absolute Gasteiger partial charge is 0.0760 e. The van der Waals surface area contributed by atoms with Crippen LogP contribution in [0, 0.1) is 5.92 Å². The molecule has 0 aromatic carbocycles. The van der Waals surface area contributed by atoms with Crippen LogP contribution >= 0.6 is 0 Å². The molecule has 0 spiro atoms. The Kier molecular flexibility index (Phi) is 6.96. The minimum atomic E-state index is -0.0133. The van der Waals surface area contributed by atoms with Crippen LogP contribution in [0.25, 0.3) is 0 Å². The van der Waals surface area contributed by atoms with Gasteiger partial charge < -0.3 is 10.1 Å². The summed E-state index contributed by atoms with van der Waals surface area (Å²) in [5, 5.41) is 3.52. The quantitative estimate of drug-likeness (QED) is 0.692. The standard InChI is InChI=1S/C17H36N2O/c1-15(2)12-18-10-8-7-9-11-19-13-16(3,4)20-17(5,6)14-19/h15,18H,7-14H2,1-6H3. The minimum Gasteiger partial charge on any atom is -0.367 e. The summed E-state index contributed by atoms with van der Waals surface area (Å²) in [5.74, 6) is 0.757. The Morgan fingerprint density at radius 3 is 2.15 bits per heavy atom. The van der Waals surface area contributed by atoms with E-state index < -0.39 is 0 Å². The molecule has 1 saturated heterocycles. The molecule has 0 atom stereocenters. The lowest BCUT2D eigenvalue weighted by atomic mass is 9.98. The normalized spacial score (nSPS) is 22.4. The van der Waals surface area contributed by atoms with Crippen LogP contribution in [0.2, 0.25) is 0 Å². The van der Waals surface area contributed by atoms with Crippen molar-refractivity contribution in [3.8, 4) is 0 Å². The molecule has 0 saturated carbocycles. The summed E-state index contributed by atoms with van der Waals surface area (Å²) in [7, 11) is 0. The van der Waals surface area contributed by atoms with E-state index in [0.29, 0.717) is 0 Å². The number of nitrogens with zero attached hydrogens (tertiary/aromatic N) is 1. The zero-order valence-electron chi connectivity index (χ0n) is 14.6. The van der Waals surface area contributed by atoms with Gasteiger partial charge in [-0.25, -0.2) is 0 Å². The van der Waals surface area contributed by atoms with E-state index in [1.807, 2.05) is 0 Å². The van der Waals surface area contributed by atoms with Gasteiger partial charge in [-0.05, 0) is 66.1 Å². The van der Waals surface area contributed by atoms with Crippen LogP contribution in [-0.4, -0.2) is 48.8 Å². The zero-order valence-corrected chi connectivity index (χ0v) is 14.6. The third-order valence-electron chi connectivity index (χ3n) is 3.64. The lowest BCUT2D eigenvalue weighted by Gasteiger charge is -2.47. The van der Waals surface area contributed by atoms with E-state index in [0.717, 1.165) is 32.1 Å². The number of hydrogen-bond donors (Lipinski definition) is 1. The SMILES string of the molecule is CC(C)CNCCCCCN1CC(C)(C)OC(C)(C)C1. The van der Waals surface area contributed by atoms with E-state index in [2.05, 4.69) is 51.8 Å². The summed E-state index contributed by atoms with van der Waals surface area (Å²) < 4.78 is 6.12. The Morgan fingerprint density at radius 1 is 1.00 bits per heavy atom. The molecule has 0 amide bonds. The molecule has 120 valence electrons. The van der Waals surface area contributed by atoms with Crippen LogP contribution in [0.5, 0.6) is 0 Å². The molecular formula is C17H36N2O. The lowest BCUT2D eigenvalue weighted by Crippen LogP contribution is -2.57. The van der Waals surface area contributed by atoms with Crippen molar-refractivity contribution in [3.63, 3.8) is 0 Å². The molecule has 0 unspecified atom stereocenters. The Labute approximate surface area is 126 Å². The lowest BCUT2D eigenvalue weighted by molar-refractivity contribution is -0.180. The minimum absolute atomic E-state index is 0.0133. The summed E-state index contributed by atoms with van der Waals surface area (Å²) in [6, 6.07) is 0. The van der Waals surface area contributed by atoms with Gasteiger partial charge in [-0.2, -0.15) is 0 Å². The Balaban J connectivity index is 2.12. The van der Waals surface area contributed by atoms with Gasteiger partial charge in [0.25, 0.3) is 0 Å². The molecule has 1 rings (SSSR count). The molecule has 20 heavy (non-hydrogen) atoms. The second-order valence-electron chi connectivity index (χ2n) is 7.99. The maximum absolute atomic E-state index is 6.12. The first-order valence-electron chi connectivity index (χ1n) is 8.33. The van der Waals surface area contributed by atoms with Crippen molar-refractivity contribution < 1.29 is 4.74 Å². The number of unbranched alkanes of at least 4 members (excludes halogenated alkanes) is 2. The van der Waals surface area contributed by atoms with E-state index in [9.17, 15) is 0 Å². The van der Waals surface area contributed by atoms with Crippen LogP contribution in [-0.2, 0) is 4.74 Å². The van der Waals surface area contributed by atoms with Crippen LogP contribution in [0.4, 0.5) is 0 Å². The van der Waals surface area contributed by atoms with Crippen molar-refractivity contribution >= 4 is 0 Å². The summed E-state index contributed by atoms with van der Waals surface area (Å²) in [6.45, 7) is 19.0. The average molecular weight is 284 g/mol. The predicted molar refractivity (Wildman–Crippen MR) is 87.2 cm³/mol. The number of hydrogen-bond acceptors (Lipinski definition) is 3. The number of morpholine rings is 1. The third-order valence-corrected chi connectivity index (χ3v) is 3.64. The predicted octanol–water partition coefficient (Wildman–Crippen LogP) is 3.29. The number of nitrogens with one attached hydrogen (secondary N) is 1. The molecule has 0 bridgehead atoms. The van der Waals surface area contributed by atoms with Gasteiger partial charge in [-0.15, -0.1) is 0 Å². The molecular weight excluding hydrogens is 248 g/mol. The average Bonchev–Trinajstić information content (AvgIpc) is 2.22. The van der Waals surface area contributed by atoms with Crippen molar-refractivity contribution in [2.45, 2.75) is 72.0 Å². The van der Waals surface area contributed by atoms with Crippen molar-refractivity contribution in [1.29, 1.82) is 0 Å². The van der Waals surface area contributed by atoms with E-state index >= 15 is 0 Å². The first-order valence-corrected chi connectivity index (χ1v) is 8.33. The van der Waals surface area contributed by atoms with Gasteiger partial charge in [0, 0.05) is 13.1 Å². The zero-order chi connectivity index (χ0) is 15.2. The molecule has 0 aliphatic carbocycles. The molecule has 0 radical (unpaired) electrons. The van der Waals surface area contributed by atoms with Crippen LogP contribution < -0.4 is 5.32 Å². The van der Waals surface area contributed by atoms with Gasteiger partial charge in [0.05, 0.1) is 11.2 Å². The second-order valence-corrected chi connectivity index (χ2v) is 7.99. The first kappa shape index (κ1) is 17.9. The molecule has 1 fully saturated rings. The molecule has 3 nitrogen and oxygen atoms in total. The summed E-state index contributed by atoms with van der Waals surface area (Å²) in [6.07, 6.45) is 3.92.